The van der Waals surface area contributed by atoms with Crippen molar-refractivity contribution in [3.8, 4) is 0 Å². The largest absolute Gasteiger partial charge is 0.471 e. The van der Waals surface area contributed by atoms with Crippen LogP contribution in [-0.2, 0) is 4.74 Å². The Morgan fingerprint density at radius 1 is 1.47 bits per heavy atom. The van der Waals surface area contributed by atoms with Crippen LogP contribution in [0.4, 0.5) is 0 Å². The molecule has 3 nitrogen and oxygen atoms in total. The molecule has 0 heterocycles. The van der Waals surface area contributed by atoms with E-state index in [0.29, 0.717) is 11.8 Å². The third-order valence-electron chi connectivity index (χ3n) is 2.09. The summed E-state index contributed by atoms with van der Waals surface area (Å²) in [4.78, 5) is 0. The van der Waals surface area contributed by atoms with Crippen molar-refractivity contribution >= 4 is 17.4 Å². The lowest BCUT2D eigenvalue weighted by atomic mass is 10.1. The zero-order valence-corrected chi connectivity index (χ0v) is 9.59. The van der Waals surface area contributed by atoms with Crippen LogP contribution in [0.2, 0.25) is 0 Å². The molecule has 1 unspecified atom stereocenters. The van der Waals surface area contributed by atoms with Crippen LogP contribution in [0.15, 0.2) is 30.3 Å². The number of nitrogens with one attached hydrogen (secondary N) is 1. The average molecular weight is 224 g/mol. The molecule has 3 N–H and O–H groups in total. The van der Waals surface area contributed by atoms with Gasteiger partial charge in [-0.15, -0.1) is 0 Å². The highest BCUT2D eigenvalue weighted by Gasteiger charge is 2.05. The van der Waals surface area contributed by atoms with Gasteiger partial charge in [0.2, 0.25) is 0 Å². The molecule has 4 heteroatoms. The van der Waals surface area contributed by atoms with Gasteiger partial charge in [-0.1, -0.05) is 30.3 Å². The molecule has 0 aliphatic carbocycles. The Kier molecular flexibility index (Phi) is 5.07. The lowest BCUT2D eigenvalue weighted by molar-refractivity contribution is 0.283. The van der Waals surface area contributed by atoms with Gasteiger partial charge >= 0.3 is 0 Å². The Bertz CT molecular complexity index is 303. The number of thiocarbonyl (C=S) groups is 1. The van der Waals surface area contributed by atoms with Gasteiger partial charge in [0.05, 0.1) is 6.61 Å². The molecular formula is C11H16N2OS. The number of nitrogens with two attached hydrogens (primary N) is 1. The van der Waals surface area contributed by atoms with E-state index in [1.54, 1.807) is 7.05 Å². The maximum atomic E-state index is 5.98. The van der Waals surface area contributed by atoms with Crippen molar-refractivity contribution in [2.75, 3.05) is 13.7 Å². The van der Waals surface area contributed by atoms with Crippen LogP contribution in [0.3, 0.4) is 0 Å². The summed E-state index contributed by atoms with van der Waals surface area (Å²) in [5, 5.41) is 3.16. The fraction of sp³-hybridized carbons (Fsp3) is 0.364. The van der Waals surface area contributed by atoms with E-state index in [-0.39, 0.29) is 6.04 Å². The second kappa shape index (κ2) is 6.37. The highest BCUT2D eigenvalue weighted by atomic mass is 32.1. The molecule has 0 saturated heterocycles. The molecule has 0 bridgehead atoms. The first-order valence-electron chi connectivity index (χ1n) is 4.89. The van der Waals surface area contributed by atoms with Crippen molar-refractivity contribution in [3.05, 3.63) is 35.9 Å². The summed E-state index contributed by atoms with van der Waals surface area (Å²) < 4.78 is 5.22. The van der Waals surface area contributed by atoms with Crippen molar-refractivity contribution in [2.45, 2.75) is 12.5 Å². The van der Waals surface area contributed by atoms with E-state index in [2.05, 4.69) is 5.32 Å². The molecule has 0 aromatic heterocycles. The van der Waals surface area contributed by atoms with Gasteiger partial charge in [0.15, 0.2) is 0 Å². The summed E-state index contributed by atoms with van der Waals surface area (Å²) in [5.41, 5.74) is 7.10. The monoisotopic (exact) mass is 224 g/mol. The highest BCUT2D eigenvalue weighted by molar-refractivity contribution is 7.80. The van der Waals surface area contributed by atoms with Gasteiger partial charge in [-0.05, 0) is 17.8 Å². The van der Waals surface area contributed by atoms with Crippen molar-refractivity contribution in [3.63, 3.8) is 0 Å². The molecule has 1 aromatic carbocycles. The Balaban J connectivity index is 2.31. The number of ether oxygens (including phenoxy) is 1. The van der Waals surface area contributed by atoms with Crippen molar-refractivity contribution in [2.24, 2.45) is 5.73 Å². The summed E-state index contributed by atoms with van der Waals surface area (Å²) in [6.07, 6.45) is 0.756. The van der Waals surface area contributed by atoms with Crippen LogP contribution in [0.5, 0.6) is 0 Å². The van der Waals surface area contributed by atoms with Crippen molar-refractivity contribution in [1.29, 1.82) is 0 Å². The molecule has 1 aromatic rings. The SMILES string of the molecule is CNC(=S)OCCC(N)c1ccccc1. The van der Waals surface area contributed by atoms with E-state index < -0.39 is 0 Å². The molecule has 0 radical (unpaired) electrons. The molecule has 0 aliphatic rings. The minimum Gasteiger partial charge on any atom is -0.471 e. The number of benzene rings is 1. The van der Waals surface area contributed by atoms with Gasteiger partial charge in [0.1, 0.15) is 0 Å². The second-order valence-electron chi connectivity index (χ2n) is 3.19. The summed E-state index contributed by atoms with van der Waals surface area (Å²) in [5.74, 6) is 0. The van der Waals surface area contributed by atoms with Gasteiger partial charge in [0.25, 0.3) is 5.17 Å². The van der Waals surface area contributed by atoms with E-state index in [1.165, 1.54) is 0 Å². The van der Waals surface area contributed by atoms with Crippen LogP contribution in [0.1, 0.15) is 18.0 Å². The molecule has 15 heavy (non-hydrogen) atoms. The molecule has 0 aliphatic heterocycles. The Morgan fingerprint density at radius 3 is 2.73 bits per heavy atom. The Morgan fingerprint density at radius 2 is 2.13 bits per heavy atom. The van der Waals surface area contributed by atoms with Crippen LogP contribution in [0, 0.1) is 0 Å². The first-order valence-corrected chi connectivity index (χ1v) is 5.30. The van der Waals surface area contributed by atoms with E-state index in [1.807, 2.05) is 30.3 Å². The van der Waals surface area contributed by atoms with E-state index in [9.17, 15) is 0 Å². The first-order chi connectivity index (χ1) is 7.24. The van der Waals surface area contributed by atoms with Crippen molar-refractivity contribution in [1.82, 2.24) is 5.32 Å². The lowest BCUT2D eigenvalue weighted by Gasteiger charge is -2.12. The predicted molar refractivity (Wildman–Crippen MR) is 65.6 cm³/mol. The predicted octanol–water partition coefficient (Wildman–Crippen LogP) is 1.60. The number of hydrogen-bond donors (Lipinski definition) is 2. The molecular weight excluding hydrogens is 208 g/mol. The minimum atomic E-state index is 0.00542. The maximum absolute atomic E-state index is 5.98. The average Bonchev–Trinajstić information content (AvgIpc) is 2.29. The third-order valence-corrected chi connectivity index (χ3v) is 2.42. The maximum Gasteiger partial charge on any atom is 0.256 e. The summed E-state index contributed by atoms with van der Waals surface area (Å²) in [6.45, 7) is 0.537. The quantitative estimate of drug-likeness (QED) is 0.763. The zero-order valence-electron chi connectivity index (χ0n) is 8.77. The third kappa shape index (κ3) is 4.27. The van der Waals surface area contributed by atoms with Gasteiger partial charge in [-0.2, -0.15) is 0 Å². The summed E-state index contributed by atoms with van der Waals surface area (Å²) in [7, 11) is 1.74. The van der Waals surface area contributed by atoms with Crippen LogP contribution in [-0.4, -0.2) is 18.8 Å². The minimum absolute atomic E-state index is 0.00542. The molecule has 82 valence electrons. The highest BCUT2D eigenvalue weighted by Crippen LogP contribution is 2.12. The first kappa shape index (κ1) is 11.9. The molecule has 1 rings (SSSR count). The summed E-state index contributed by atoms with van der Waals surface area (Å²) in [6, 6.07) is 9.97. The van der Waals surface area contributed by atoms with E-state index in [4.69, 9.17) is 22.7 Å². The zero-order chi connectivity index (χ0) is 11.1. The van der Waals surface area contributed by atoms with Crippen LogP contribution >= 0.6 is 12.2 Å². The van der Waals surface area contributed by atoms with Gasteiger partial charge in [0, 0.05) is 19.5 Å². The van der Waals surface area contributed by atoms with Crippen molar-refractivity contribution < 1.29 is 4.74 Å². The summed E-state index contributed by atoms with van der Waals surface area (Å²) >= 11 is 4.85. The van der Waals surface area contributed by atoms with Gasteiger partial charge in [-0.3, -0.25) is 0 Å². The molecule has 0 spiro atoms. The fourth-order valence-corrected chi connectivity index (χ4v) is 1.30. The van der Waals surface area contributed by atoms with Crippen LogP contribution in [0.25, 0.3) is 0 Å². The topological polar surface area (TPSA) is 47.3 Å². The van der Waals surface area contributed by atoms with Gasteiger partial charge < -0.3 is 15.8 Å². The molecule has 0 fully saturated rings. The fourth-order valence-electron chi connectivity index (χ4n) is 1.22. The Hall–Kier alpha value is -1.13. The second-order valence-corrected chi connectivity index (χ2v) is 3.56. The van der Waals surface area contributed by atoms with Gasteiger partial charge in [-0.25, -0.2) is 0 Å². The Labute approximate surface area is 95.6 Å². The standard InChI is InChI=1S/C11H16N2OS/c1-13-11(15)14-8-7-10(12)9-5-3-2-4-6-9/h2-6,10H,7-8,12H2,1H3,(H,13,15). The van der Waals surface area contributed by atoms with E-state index in [0.717, 1.165) is 12.0 Å². The molecule has 0 amide bonds. The lowest BCUT2D eigenvalue weighted by Crippen LogP contribution is -2.21. The molecule has 0 saturated carbocycles. The normalized spacial score (nSPS) is 11.9. The van der Waals surface area contributed by atoms with Crippen LogP contribution < -0.4 is 11.1 Å². The number of rotatable bonds is 4. The van der Waals surface area contributed by atoms with E-state index >= 15 is 0 Å². The molecule has 1 atom stereocenters. The smallest absolute Gasteiger partial charge is 0.256 e. The number of hydrogen-bond acceptors (Lipinski definition) is 3.